The minimum atomic E-state index is -0.508. The Labute approximate surface area is 183 Å². The van der Waals surface area contributed by atoms with Crippen LogP contribution in [0, 0.1) is 12.7 Å². The molecule has 0 aliphatic carbocycles. The van der Waals surface area contributed by atoms with E-state index in [1.807, 2.05) is 36.4 Å². The summed E-state index contributed by atoms with van der Waals surface area (Å²) >= 11 is 1.33. The summed E-state index contributed by atoms with van der Waals surface area (Å²) in [6, 6.07) is 13.9. The fraction of sp³-hybridized carbons (Fsp3) is 0.217. The largest absolute Gasteiger partial charge is 0.298 e. The van der Waals surface area contributed by atoms with Gasteiger partial charge in [0.05, 0.1) is 5.69 Å². The molecular formula is C23H21FN4O2S. The van der Waals surface area contributed by atoms with Crippen LogP contribution in [0.5, 0.6) is 0 Å². The lowest BCUT2D eigenvalue weighted by Gasteiger charge is -2.20. The summed E-state index contributed by atoms with van der Waals surface area (Å²) in [6.07, 6.45) is 2.43. The van der Waals surface area contributed by atoms with Crippen molar-refractivity contribution in [3.8, 4) is 0 Å². The first-order chi connectivity index (χ1) is 14.9. The van der Waals surface area contributed by atoms with E-state index in [1.165, 1.54) is 24.3 Å². The van der Waals surface area contributed by atoms with Crippen LogP contribution in [0.15, 0.2) is 59.8 Å². The number of Topliss-reactive ketones (excluding diaryl/α,β-unsaturated/α-hetero) is 1. The quantitative estimate of drug-likeness (QED) is 0.624. The highest BCUT2D eigenvalue weighted by Gasteiger charge is 2.34. The molecule has 4 rings (SSSR count). The summed E-state index contributed by atoms with van der Waals surface area (Å²) in [4.78, 5) is 30.0. The molecule has 1 aliphatic rings. The van der Waals surface area contributed by atoms with Crippen molar-refractivity contribution < 1.29 is 14.0 Å². The number of nitrogens with zero attached hydrogens (tertiary/aromatic N) is 3. The predicted molar refractivity (Wildman–Crippen MR) is 120 cm³/mol. The number of hydrogen-bond acceptors (Lipinski definition) is 6. The lowest BCUT2D eigenvalue weighted by molar-refractivity contribution is -0.118. The van der Waals surface area contributed by atoms with Crippen molar-refractivity contribution in [2.75, 3.05) is 10.3 Å². The Morgan fingerprint density at radius 1 is 1.23 bits per heavy atom. The maximum Gasteiger partial charge on any atom is 0.273 e. The van der Waals surface area contributed by atoms with Gasteiger partial charge in [-0.25, -0.2) is 9.37 Å². The molecule has 2 heterocycles. The summed E-state index contributed by atoms with van der Waals surface area (Å²) in [5, 5.41) is 9.20. The SMILES string of the molecule is CC(=O)C1CC(C(=O)Nc2ncc(Cc3ccc(C)c(F)c3)s2)=NN1c1ccccc1. The van der Waals surface area contributed by atoms with Gasteiger partial charge in [0.25, 0.3) is 5.91 Å². The fourth-order valence-corrected chi connectivity index (χ4v) is 4.19. The van der Waals surface area contributed by atoms with Crippen molar-refractivity contribution in [1.29, 1.82) is 0 Å². The van der Waals surface area contributed by atoms with E-state index in [9.17, 15) is 14.0 Å². The molecular weight excluding hydrogens is 415 g/mol. The van der Waals surface area contributed by atoms with Crippen LogP contribution in [-0.2, 0) is 16.0 Å². The molecule has 1 atom stereocenters. The van der Waals surface area contributed by atoms with Crippen LogP contribution in [0.1, 0.15) is 29.3 Å². The van der Waals surface area contributed by atoms with Crippen molar-refractivity contribution >= 4 is 39.6 Å². The normalized spacial score (nSPS) is 15.6. The number of anilines is 2. The Bertz CT molecular complexity index is 1160. The number of carbonyl (C=O) groups is 2. The number of aromatic nitrogens is 1. The first kappa shape index (κ1) is 20.9. The Kier molecular flexibility index (Phi) is 5.90. The summed E-state index contributed by atoms with van der Waals surface area (Å²) in [5.74, 6) is -0.679. The van der Waals surface area contributed by atoms with Crippen LogP contribution in [0.3, 0.4) is 0 Å². The smallest absolute Gasteiger partial charge is 0.273 e. The first-order valence-electron chi connectivity index (χ1n) is 9.84. The van der Waals surface area contributed by atoms with E-state index < -0.39 is 6.04 Å². The highest BCUT2D eigenvalue weighted by atomic mass is 32.1. The number of hydrazone groups is 1. The molecule has 2 aromatic carbocycles. The van der Waals surface area contributed by atoms with Crippen LogP contribution >= 0.6 is 11.3 Å². The molecule has 1 aromatic heterocycles. The van der Waals surface area contributed by atoms with E-state index in [-0.39, 0.29) is 29.6 Å². The van der Waals surface area contributed by atoms with E-state index in [1.54, 1.807) is 24.2 Å². The van der Waals surface area contributed by atoms with Crippen LogP contribution in [-0.4, -0.2) is 28.4 Å². The molecule has 0 fully saturated rings. The molecule has 1 unspecified atom stereocenters. The van der Waals surface area contributed by atoms with E-state index >= 15 is 0 Å². The third-order valence-electron chi connectivity index (χ3n) is 5.05. The van der Waals surface area contributed by atoms with Crippen LogP contribution in [0.2, 0.25) is 0 Å². The topological polar surface area (TPSA) is 74.7 Å². The van der Waals surface area contributed by atoms with Gasteiger partial charge in [-0.05, 0) is 43.2 Å². The van der Waals surface area contributed by atoms with E-state index in [0.717, 1.165) is 16.1 Å². The first-order valence-corrected chi connectivity index (χ1v) is 10.7. The molecule has 0 saturated heterocycles. The monoisotopic (exact) mass is 436 g/mol. The zero-order valence-corrected chi connectivity index (χ0v) is 17.9. The van der Waals surface area contributed by atoms with Gasteiger partial charge in [-0.3, -0.25) is 19.9 Å². The Hall–Kier alpha value is -3.39. The van der Waals surface area contributed by atoms with Crippen molar-refractivity contribution in [2.45, 2.75) is 32.7 Å². The average molecular weight is 437 g/mol. The number of carbonyl (C=O) groups excluding carboxylic acids is 2. The van der Waals surface area contributed by atoms with Gasteiger partial charge < -0.3 is 0 Å². The van der Waals surface area contributed by atoms with E-state index in [4.69, 9.17) is 0 Å². The summed E-state index contributed by atoms with van der Waals surface area (Å²) in [6.45, 7) is 3.22. The van der Waals surface area contributed by atoms with Crippen molar-refractivity contribution in [3.05, 3.63) is 76.5 Å². The van der Waals surface area contributed by atoms with Gasteiger partial charge in [0.15, 0.2) is 10.9 Å². The number of aryl methyl sites for hydroxylation is 1. The molecule has 0 spiro atoms. The molecule has 0 bridgehead atoms. The third-order valence-corrected chi connectivity index (χ3v) is 5.96. The van der Waals surface area contributed by atoms with Crippen LogP contribution < -0.4 is 10.3 Å². The molecule has 3 aromatic rings. The zero-order valence-electron chi connectivity index (χ0n) is 17.1. The van der Waals surface area contributed by atoms with Crippen molar-refractivity contribution in [1.82, 2.24) is 4.98 Å². The molecule has 31 heavy (non-hydrogen) atoms. The number of hydrogen-bond donors (Lipinski definition) is 1. The number of amides is 1. The number of nitrogens with one attached hydrogen (secondary N) is 1. The molecule has 1 N–H and O–H groups in total. The number of rotatable bonds is 6. The van der Waals surface area contributed by atoms with E-state index in [2.05, 4.69) is 15.4 Å². The van der Waals surface area contributed by atoms with Gasteiger partial charge in [0, 0.05) is 23.9 Å². The number of halogens is 1. The van der Waals surface area contributed by atoms with Gasteiger partial charge in [-0.1, -0.05) is 30.3 Å². The molecule has 1 aliphatic heterocycles. The van der Waals surface area contributed by atoms with Crippen molar-refractivity contribution in [2.24, 2.45) is 5.10 Å². The van der Waals surface area contributed by atoms with Gasteiger partial charge >= 0.3 is 0 Å². The second-order valence-corrected chi connectivity index (χ2v) is 8.52. The molecule has 1 amide bonds. The minimum Gasteiger partial charge on any atom is -0.298 e. The zero-order chi connectivity index (χ0) is 22.0. The summed E-state index contributed by atoms with van der Waals surface area (Å²) in [7, 11) is 0. The Morgan fingerprint density at radius 3 is 2.71 bits per heavy atom. The molecule has 0 saturated carbocycles. The van der Waals surface area contributed by atoms with E-state index in [0.29, 0.717) is 17.1 Å². The maximum atomic E-state index is 13.8. The highest BCUT2D eigenvalue weighted by molar-refractivity contribution is 7.15. The van der Waals surface area contributed by atoms with Crippen molar-refractivity contribution in [3.63, 3.8) is 0 Å². The number of benzene rings is 2. The Morgan fingerprint density at radius 2 is 2.00 bits per heavy atom. The highest BCUT2D eigenvalue weighted by Crippen LogP contribution is 2.26. The second-order valence-electron chi connectivity index (χ2n) is 7.40. The third kappa shape index (κ3) is 4.69. The predicted octanol–water partition coefficient (Wildman–Crippen LogP) is 4.34. The molecule has 6 nitrogen and oxygen atoms in total. The summed E-state index contributed by atoms with van der Waals surface area (Å²) in [5.41, 5.74) is 2.48. The standard InChI is InChI=1S/C23H21FN4O2S/c1-14-8-9-16(11-19(14)24)10-18-13-25-23(31-18)26-22(30)20-12-21(15(2)29)28(27-20)17-6-4-3-5-7-17/h3-9,11,13,21H,10,12H2,1-2H3,(H,25,26,30). The van der Waals surface area contributed by atoms with Gasteiger partial charge in [0.1, 0.15) is 17.6 Å². The molecule has 0 radical (unpaired) electrons. The van der Waals surface area contributed by atoms with Crippen LogP contribution in [0.25, 0.3) is 0 Å². The van der Waals surface area contributed by atoms with Gasteiger partial charge in [0.2, 0.25) is 0 Å². The number of ketones is 1. The molecule has 8 heteroatoms. The number of thiazole rings is 1. The second kappa shape index (κ2) is 8.77. The summed E-state index contributed by atoms with van der Waals surface area (Å²) < 4.78 is 13.8. The minimum absolute atomic E-state index is 0.0581. The Balaban J connectivity index is 1.46. The average Bonchev–Trinajstić information content (AvgIpc) is 3.39. The fourth-order valence-electron chi connectivity index (χ4n) is 3.35. The maximum absolute atomic E-state index is 13.8. The van der Waals surface area contributed by atoms with Gasteiger partial charge in [-0.2, -0.15) is 5.10 Å². The van der Waals surface area contributed by atoms with Crippen LogP contribution in [0.4, 0.5) is 15.2 Å². The lowest BCUT2D eigenvalue weighted by atomic mass is 10.1. The molecule has 158 valence electrons. The van der Waals surface area contributed by atoms with Gasteiger partial charge in [-0.15, -0.1) is 11.3 Å². The number of para-hydroxylation sites is 1. The lowest BCUT2D eigenvalue weighted by Crippen LogP contribution is -2.33.